The third-order valence-corrected chi connectivity index (χ3v) is 5.33. The van der Waals surface area contributed by atoms with Crippen LogP contribution in [0, 0.1) is 11.8 Å². The van der Waals surface area contributed by atoms with Crippen molar-refractivity contribution in [2.45, 2.75) is 57.4 Å². The van der Waals surface area contributed by atoms with Gasteiger partial charge in [0.2, 0.25) is 5.91 Å². The number of hydrogen-bond acceptors (Lipinski definition) is 4. The Hall–Kier alpha value is -1.85. The van der Waals surface area contributed by atoms with Gasteiger partial charge in [-0.05, 0) is 44.4 Å². The van der Waals surface area contributed by atoms with Gasteiger partial charge in [-0.2, -0.15) is 0 Å². The minimum absolute atomic E-state index is 0.0879. The molecule has 1 aromatic heterocycles. The Morgan fingerprint density at radius 3 is 2.70 bits per heavy atom. The van der Waals surface area contributed by atoms with Gasteiger partial charge in [-0.3, -0.25) is 9.59 Å². The van der Waals surface area contributed by atoms with Crippen LogP contribution in [0.15, 0.2) is 4.52 Å². The van der Waals surface area contributed by atoms with E-state index in [0.717, 1.165) is 50.0 Å². The van der Waals surface area contributed by atoms with E-state index in [2.05, 4.69) is 15.8 Å². The monoisotopic (exact) mass is 317 g/mol. The first kappa shape index (κ1) is 14.7. The summed E-state index contributed by atoms with van der Waals surface area (Å²) >= 11 is 0. The average Bonchev–Trinajstić information content (AvgIpc) is 3.21. The Balaban J connectivity index is 1.39. The summed E-state index contributed by atoms with van der Waals surface area (Å²) in [5, 5.41) is 10.1. The molecular weight excluding hydrogens is 294 g/mol. The van der Waals surface area contributed by atoms with Gasteiger partial charge < -0.3 is 15.2 Å². The quantitative estimate of drug-likeness (QED) is 0.864. The third-order valence-electron chi connectivity index (χ3n) is 5.33. The molecule has 3 aliphatic carbocycles. The molecule has 0 spiro atoms. The lowest BCUT2D eigenvalue weighted by molar-refractivity contribution is -0.128. The van der Waals surface area contributed by atoms with Gasteiger partial charge in [-0.25, -0.2) is 0 Å². The molecule has 2 amide bonds. The summed E-state index contributed by atoms with van der Waals surface area (Å²) in [5.41, 5.74) is 1.28. The van der Waals surface area contributed by atoms with E-state index >= 15 is 0 Å². The molecule has 1 unspecified atom stereocenters. The van der Waals surface area contributed by atoms with E-state index in [1.54, 1.807) is 0 Å². The van der Waals surface area contributed by atoms with Crippen LogP contribution in [0.2, 0.25) is 0 Å². The number of hydrogen-bond donors (Lipinski definition) is 2. The number of carbonyl (C=O) groups excluding carboxylic acids is 2. The molecule has 0 saturated heterocycles. The molecule has 124 valence electrons. The molecular formula is C17H23N3O3. The Bertz CT molecular complexity index is 617. The SMILES string of the molecule is O=C(NCC1CC1)c1noc2c1CC(NC(=O)C1CCC1)CC2. The van der Waals surface area contributed by atoms with Crippen molar-refractivity contribution >= 4 is 11.8 Å². The third kappa shape index (κ3) is 3.12. The van der Waals surface area contributed by atoms with Crippen LogP contribution in [-0.2, 0) is 17.6 Å². The van der Waals surface area contributed by atoms with Gasteiger partial charge in [0.25, 0.3) is 5.91 Å². The maximum atomic E-state index is 12.3. The molecule has 0 bridgehead atoms. The van der Waals surface area contributed by atoms with Crippen molar-refractivity contribution in [1.82, 2.24) is 15.8 Å². The predicted molar refractivity (Wildman–Crippen MR) is 82.9 cm³/mol. The highest BCUT2D eigenvalue weighted by Crippen LogP contribution is 2.29. The zero-order valence-electron chi connectivity index (χ0n) is 13.3. The highest BCUT2D eigenvalue weighted by Gasteiger charge is 2.32. The summed E-state index contributed by atoms with van der Waals surface area (Å²) < 4.78 is 5.34. The molecule has 4 rings (SSSR count). The van der Waals surface area contributed by atoms with Gasteiger partial charge in [0, 0.05) is 30.5 Å². The van der Waals surface area contributed by atoms with Gasteiger partial charge in [-0.1, -0.05) is 11.6 Å². The van der Waals surface area contributed by atoms with Crippen molar-refractivity contribution in [2.75, 3.05) is 6.54 Å². The molecule has 6 nitrogen and oxygen atoms in total. The van der Waals surface area contributed by atoms with E-state index < -0.39 is 0 Å². The van der Waals surface area contributed by atoms with Gasteiger partial charge >= 0.3 is 0 Å². The molecule has 3 aliphatic rings. The molecule has 0 aliphatic heterocycles. The minimum atomic E-state index is -0.145. The molecule has 2 saturated carbocycles. The number of nitrogens with zero attached hydrogens (tertiary/aromatic N) is 1. The standard InChI is InChI=1S/C17H23N3O3/c21-16(11-2-1-3-11)19-12-6-7-14-13(8-12)15(20-23-14)17(22)18-9-10-4-5-10/h10-12H,1-9H2,(H,18,22)(H,19,21). The summed E-state index contributed by atoms with van der Waals surface area (Å²) in [6.07, 6.45) is 7.79. The van der Waals surface area contributed by atoms with Crippen LogP contribution in [0.1, 0.15) is 60.3 Å². The Morgan fingerprint density at radius 2 is 2.00 bits per heavy atom. The molecule has 1 heterocycles. The largest absolute Gasteiger partial charge is 0.360 e. The van der Waals surface area contributed by atoms with Crippen LogP contribution < -0.4 is 10.6 Å². The minimum Gasteiger partial charge on any atom is -0.360 e. The van der Waals surface area contributed by atoms with E-state index in [1.165, 1.54) is 12.8 Å². The maximum Gasteiger partial charge on any atom is 0.273 e. The molecule has 0 radical (unpaired) electrons. The first-order chi connectivity index (χ1) is 11.2. The van der Waals surface area contributed by atoms with Crippen molar-refractivity contribution < 1.29 is 14.1 Å². The van der Waals surface area contributed by atoms with Crippen LogP contribution in [-0.4, -0.2) is 29.6 Å². The number of amides is 2. The van der Waals surface area contributed by atoms with Gasteiger partial charge in [0.1, 0.15) is 5.76 Å². The molecule has 23 heavy (non-hydrogen) atoms. The lowest BCUT2D eigenvalue weighted by Gasteiger charge is -2.28. The van der Waals surface area contributed by atoms with Gasteiger partial charge in [0.15, 0.2) is 5.69 Å². The van der Waals surface area contributed by atoms with Crippen LogP contribution in [0.4, 0.5) is 0 Å². The van der Waals surface area contributed by atoms with Gasteiger partial charge in [0.05, 0.1) is 0 Å². The molecule has 2 N–H and O–H groups in total. The topological polar surface area (TPSA) is 84.2 Å². The highest BCUT2D eigenvalue weighted by atomic mass is 16.5. The molecule has 1 aromatic rings. The van der Waals surface area contributed by atoms with Crippen molar-refractivity contribution in [3.8, 4) is 0 Å². The average molecular weight is 317 g/mol. The van der Waals surface area contributed by atoms with E-state index in [4.69, 9.17) is 4.52 Å². The number of rotatable bonds is 5. The molecule has 1 atom stereocenters. The summed E-state index contributed by atoms with van der Waals surface area (Å²) in [6, 6.07) is 0.0879. The zero-order chi connectivity index (χ0) is 15.8. The smallest absolute Gasteiger partial charge is 0.273 e. The Labute approximate surface area is 135 Å². The second kappa shape index (κ2) is 5.98. The molecule has 2 fully saturated rings. The first-order valence-electron chi connectivity index (χ1n) is 8.76. The maximum absolute atomic E-state index is 12.3. The van der Waals surface area contributed by atoms with Crippen molar-refractivity contribution in [1.29, 1.82) is 0 Å². The van der Waals surface area contributed by atoms with E-state index in [1.807, 2.05) is 0 Å². The second-order valence-corrected chi connectivity index (χ2v) is 7.16. The summed E-state index contributed by atoms with van der Waals surface area (Å²) in [6.45, 7) is 0.725. The van der Waals surface area contributed by atoms with Crippen molar-refractivity contribution in [3.63, 3.8) is 0 Å². The van der Waals surface area contributed by atoms with E-state index in [9.17, 15) is 9.59 Å². The number of carbonyl (C=O) groups is 2. The Morgan fingerprint density at radius 1 is 1.17 bits per heavy atom. The Kier molecular flexibility index (Phi) is 3.83. The number of aromatic nitrogens is 1. The van der Waals surface area contributed by atoms with Crippen LogP contribution in [0.25, 0.3) is 0 Å². The summed E-state index contributed by atoms with van der Waals surface area (Å²) in [7, 11) is 0. The number of fused-ring (bicyclic) bond motifs is 1. The fraction of sp³-hybridized carbons (Fsp3) is 0.706. The first-order valence-corrected chi connectivity index (χ1v) is 8.76. The number of nitrogens with one attached hydrogen (secondary N) is 2. The van der Waals surface area contributed by atoms with Crippen LogP contribution in [0.3, 0.4) is 0 Å². The van der Waals surface area contributed by atoms with E-state index in [-0.39, 0.29) is 23.8 Å². The number of aryl methyl sites for hydroxylation is 1. The second-order valence-electron chi connectivity index (χ2n) is 7.16. The zero-order valence-corrected chi connectivity index (χ0v) is 13.3. The van der Waals surface area contributed by atoms with E-state index in [0.29, 0.717) is 18.0 Å². The predicted octanol–water partition coefficient (Wildman–Crippen LogP) is 1.59. The highest BCUT2D eigenvalue weighted by molar-refractivity contribution is 5.94. The summed E-state index contributed by atoms with van der Waals surface area (Å²) in [4.78, 5) is 24.4. The van der Waals surface area contributed by atoms with Gasteiger partial charge in [-0.15, -0.1) is 0 Å². The lowest BCUT2D eigenvalue weighted by atomic mass is 9.84. The van der Waals surface area contributed by atoms with Crippen LogP contribution in [0.5, 0.6) is 0 Å². The normalized spacial score (nSPS) is 23.7. The van der Waals surface area contributed by atoms with Crippen LogP contribution >= 0.6 is 0 Å². The molecule has 0 aromatic carbocycles. The molecule has 6 heteroatoms. The van der Waals surface area contributed by atoms with Crippen molar-refractivity contribution in [2.24, 2.45) is 11.8 Å². The fourth-order valence-electron chi connectivity index (χ4n) is 3.34. The lowest BCUT2D eigenvalue weighted by Crippen LogP contribution is -2.43. The fourth-order valence-corrected chi connectivity index (χ4v) is 3.34. The van der Waals surface area contributed by atoms with Crippen molar-refractivity contribution in [3.05, 3.63) is 17.0 Å². The summed E-state index contributed by atoms with van der Waals surface area (Å²) in [5.74, 6) is 1.65.